The molecule has 1 heterocycles. The maximum Gasteiger partial charge on any atom is 0.227 e. The number of ether oxygens (including phenoxy) is 2. The first-order valence-electron chi connectivity index (χ1n) is 7.64. The molecule has 0 radical (unpaired) electrons. The molecular formula is C19H20N2O2. The van der Waals surface area contributed by atoms with Crippen molar-refractivity contribution in [1.29, 1.82) is 0 Å². The van der Waals surface area contributed by atoms with Gasteiger partial charge in [-0.15, -0.1) is 0 Å². The van der Waals surface area contributed by atoms with Gasteiger partial charge in [0.05, 0.1) is 6.61 Å². The molecule has 0 aliphatic heterocycles. The van der Waals surface area contributed by atoms with E-state index in [0.29, 0.717) is 12.5 Å². The Balaban J connectivity index is 2.00. The smallest absolute Gasteiger partial charge is 0.227 e. The second-order valence-corrected chi connectivity index (χ2v) is 5.30. The third-order valence-electron chi connectivity index (χ3n) is 3.55. The summed E-state index contributed by atoms with van der Waals surface area (Å²) in [6.07, 6.45) is 0. The zero-order valence-corrected chi connectivity index (χ0v) is 13.4. The van der Waals surface area contributed by atoms with Crippen LogP contribution in [0.15, 0.2) is 54.6 Å². The van der Waals surface area contributed by atoms with E-state index in [4.69, 9.17) is 9.47 Å². The fraction of sp³-hybridized carbons (Fsp3) is 0.211. The highest BCUT2D eigenvalue weighted by Crippen LogP contribution is 2.32. The minimum absolute atomic E-state index is 0.626. The Morgan fingerprint density at radius 2 is 1.83 bits per heavy atom. The topological polar surface area (TPSA) is 43.4 Å². The van der Waals surface area contributed by atoms with Crippen molar-refractivity contribution in [2.24, 2.45) is 0 Å². The van der Waals surface area contributed by atoms with Crippen LogP contribution in [0.25, 0.3) is 10.8 Å². The van der Waals surface area contributed by atoms with Gasteiger partial charge < -0.3 is 14.8 Å². The van der Waals surface area contributed by atoms with Crippen molar-refractivity contribution in [3.8, 4) is 11.6 Å². The number of aryl methyl sites for hydroxylation is 1. The van der Waals surface area contributed by atoms with Gasteiger partial charge in [0.2, 0.25) is 5.88 Å². The van der Waals surface area contributed by atoms with Crippen molar-refractivity contribution in [2.75, 3.05) is 25.6 Å². The zero-order valence-electron chi connectivity index (χ0n) is 13.4. The summed E-state index contributed by atoms with van der Waals surface area (Å²) in [5.41, 5.74) is 1.98. The summed E-state index contributed by atoms with van der Waals surface area (Å²) in [6.45, 7) is 3.39. The standard InChI is InChI=1S/C19H20N2O2/c1-14-13-17-16(9-6-10-18(17)20-11-12-22-2)19(21-14)23-15-7-4-3-5-8-15/h3-10,13,20H,11-12H2,1-2H3. The van der Waals surface area contributed by atoms with Crippen LogP contribution in [-0.2, 0) is 4.74 Å². The van der Waals surface area contributed by atoms with Crippen LogP contribution < -0.4 is 10.1 Å². The van der Waals surface area contributed by atoms with E-state index in [1.165, 1.54) is 0 Å². The Morgan fingerprint density at radius 1 is 1.00 bits per heavy atom. The normalized spacial score (nSPS) is 10.7. The van der Waals surface area contributed by atoms with Crippen LogP contribution in [-0.4, -0.2) is 25.2 Å². The molecule has 0 bridgehead atoms. The van der Waals surface area contributed by atoms with Gasteiger partial charge in [-0.1, -0.05) is 24.3 Å². The van der Waals surface area contributed by atoms with Gasteiger partial charge in [-0.25, -0.2) is 4.98 Å². The lowest BCUT2D eigenvalue weighted by Crippen LogP contribution is -2.08. The molecule has 0 saturated carbocycles. The Morgan fingerprint density at radius 3 is 2.61 bits per heavy atom. The molecule has 0 fully saturated rings. The zero-order chi connectivity index (χ0) is 16.1. The van der Waals surface area contributed by atoms with E-state index in [9.17, 15) is 0 Å². The van der Waals surface area contributed by atoms with Crippen LogP contribution in [0.1, 0.15) is 5.69 Å². The number of nitrogens with zero attached hydrogens (tertiary/aromatic N) is 1. The van der Waals surface area contributed by atoms with Crippen LogP contribution in [0.4, 0.5) is 5.69 Å². The summed E-state index contributed by atoms with van der Waals surface area (Å²) in [4.78, 5) is 4.56. The number of methoxy groups -OCH3 is 1. The van der Waals surface area contributed by atoms with Gasteiger partial charge in [0, 0.05) is 35.8 Å². The lowest BCUT2D eigenvalue weighted by molar-refractivity contribution is 0.211. The maximum absolute atomic E-state index is 5.99. The Bertz CT molecular complexity index is 788. The first kappa shape index (κ1) is 15.3. The molecule has 0 atom stereocenters. The average Bonchev–Trinajstić information content (AvgIpc) is 2.56. The maximum atomic E-state index is 5.99. The Labute approximate surface area is 136 Å². The van der Waals surface area contributed by atoms with E-state index in [1.807, 2.05) is 49.4 Å². The van der Waals surface area contributed by atoms with E-state index < -0.39 is 0 Å². The minimum atomic E-state index is 0.626. The molecule has 2 aromatic carbocycles. The highest BCUT2D eigenvalue weighted by molar-refractivity contribution is 5.97. The molecule has 118 valence electrons. The predicted molar refractivity (Wildman–Crippen MR) is 93.4 cm³/mol. The number of nitrogens with one attached hydrogen (secondary N) is 1. The fourth-order valence-corrected chi connectivity index (χ4v) is 2.49. The number of aromatic nitrogens is 1. The molecule has 0 spiro atoms. The molecule has 1 N–H and O–H groups in total. The lowest BCUT2D eigenvalue weighted by Gasteiger charge is -2.13. The monoisotopic (exact) mass is 308 g/mol. The SMILES string of the molecule is COCCNc1cccc2c(Oc3ccccc3)nc(C)cc12. The first-order chi connectivity index (χ1) is 11.3. The van der Waals surface area contributed by atoms with Crippen molar-refractivity contribution in [3.63, 3.8) is 0 Å². The number of pyridine rings is 1. The van der Waals surface area contributed by atoms with Crippen molar-refractivity contribution in [3.05, 3.63) is 60.3 Å². The van der Waals surface area contributed by atoms with E-state index >= 15 is 0 Å². The predicted octanol–water partition coefficient (Wildman–Crippen LogP) is 4.39. The van der Waals surface area contributed by atoms with Crippen molar-refractivity contribution in [2.45, 2.75) is 6.92 Å². The molecule has 0 amide bonds. The molecule has 4 heteroatoms. The third kappa shape index (κ3) is 3.60. The summed E-state index contributed by atoms with van der Waals surface area (Å²) in [7, 11) is 1.70. The summed E-state index contributed by atoms with van der Waals surface area (Å²) in [5, 5.41) is 5.49. The second-order valence-electron chi connectivity index (χ2n) is 5.30. The molecule has 0 aliphatic rings. The van der Waals surface area contributed by atoms with E-state index in [0.717, 1.165) is 34.4 Å². The van der Waals surface area contributed by atoms with Crippen LogP contribution in [0, 0.1) is 6.92 Å². The number of fused-ring (bicyclic) bond motifs is 1. The molecule has 1 aromatic heterocycles. The summed E-state index contributed by atoms with van der Waals surface area (Å²) < 4.78 is 11.1. The van der Waals surface area contributed by atoms with Crippen LogP contribution in [0.5, 0.6) is 11.6 Å². The number of hydrogen-bond acceptors (Lipinski definition) is 4. The largest absolute Gasteiger partial charge is 0.438 e. The lowest BCUT2D eigenvalue weighted by atomic mass is 10.1. The summed E-state index contributed by atoms with van der Waals surface area (Å²) >= 11 is 0. The van der Waals surface area contributed by atoms with Gasteiger partial charge in [0.25, 0.3) is 0 Å². The summed E-state index contributed by atoms with van der Waals surface area (Å²) in [6, 6.07) is 17.9. The van der Waals surface area contributed by atoms with Crippen molar-refractivity contribution in [1.82, 2.24) is 4.98 Å². The van der Waals surface area contributed by atoms with Gasteiger partial charge in [0.1, 0.15) is 5.75 Å². The minimum Gasteiger partial charge on any atom is -0.438 e. The fourth-order valence-electron chi connectivity index (χ4n) is 2.49. The van der Waals surface area contributed by atoms with E-state index in [1.54, 1.807) is 7.11 Å². The van der Waals surface area contributed by atoms with E-state index in [-0.39, 0.29) is 0 Å². The summed E-state index contributed by atoms with van der Waals surface area (Å²) in [5.74, 6) is 1.41. The highest BCUT2D eigenvalue weighted by Gasteiger charge is 2.10. The highest BCUT2D eigenvalue weighted by atomic mass is 16.5. The molecule has 3 aromatic rings. The number of para-hydroxylation sites is 1. The molecule has 4 nitrogen and oxygen atoms in total. The van der Waals surface area contributed by atoms with Gasteiger partial charge in [0.15, 0.2) is 0 Å². The number of benzene rings is 2. The van der Waals surface area contributed by atoms with Crippen LogP contribution in [0.2, 0.25) is 0 Å². The van der Waals surface area contributed by atoms with Crippen molar-refractivity contribution >= 4 is 16.5 Å². The van der Waals surface area contributed by atoms with Gasteiger partial charge >= 0.3 is 0 Å². The average molecular weight is 308 g/mol. The second kappa shape index (κ2) is 7.11. The van der Waals surface area contributed by atoms with Gasteiger partial charge in [-0.3, -0.25) is 0 Å². The van der Waals surface area contributed by atoms with Gasteiger partial charge in [-0.2, -0.15) is 0 Å². The molecule has 0 saturated heterocycles. The van der Waals surface area contributed by atoms with Gasteiger partial charge in [-0.05, 0) is 37.3 Å². The number of rotatable bonds is 6. The van der Waals surface area contributed by atoms with Crippen molar-refractivity contribution < 1.29 is 9.47 Å². The molecule has 3 rings (SSSR count). The van der Waals surface area contributed by atoms with Crippen LogP contribution in [0.3, 0.4) is 0 Å². The Hall–Kier alpha value is -2.59. The first-order valence-corrected chi connectivity index (χ1v) is 7.64. The number of anilines is 1. The molecular weight excluding hydrogens is 288 g/mol. The third-order valence-corrected chi connectivity index (χ3v) is 3.55. The number of hydrogen-bond donors (Lipinski definition) is 1. The van der Waals surface area contributed by atoms with Crippen LogP contribution >= 0.6 is 0 Å². The molecule has 0 unspecified atom stereocenters. The Kier molecular flexibility index (Phi) is 4.74. The molecule has 0 aliphatic carbocycles. The quantitative estimate of drug-likeness (QED) is 0.686. The molecule has 23 heavy (non-hydrogen) atoms. The van der Waals surface area contributed by atoms with E-state index in [2.05, 4.69) is 22.4 Å².